The third kappa shape index (κ3) is 5.31. The minimum atomic E-state index is 0.656. The highest BCUT2D eigenvalue weighted by atomic mass is 14.5. The molecule has 0 aromatic rings. The van der Waals surface area contributed by atoms with Crippen molar-refractivity contribution in [3.63, 3.8) is 0 Å². The van der Waals surface area contributed by atoms with E-state index in [4.69, 9.17) is 5.73 Å². The molecule has 52 valence electrons. The van der Waals surface area contributed by atoms with Gasteiger partial charge in [-0.05, 0) is 20.3 Å². The summed E-state index contributed by atoms with van der Waals surface area (Å²) in [5, 5.41) is 0. The lowest BCUT2D eigenvalue weighted by molar-refractivity contribution is 1.14. The maximum atomic E-state index is 5.30. The van der Waals surface area contributed by atoms with Crippen LogP contribution in [0.4, 0.5) is 0 Å². The smallest absolute Gasteiger partial charge is 0.0109 e. The van der Waals surface area contributed by atoms with E-state index in [-0.39, 0.29) is 0 Å². The summed E-state index contributed by atoms with van der Waals surface area (Å²) in [6.45, 7) is 4.77. The van der Waals surface area contributed by atoms with Crippen LogP contribution in [0.15, 0.2) is 23.8 Å². The number of hydrogen-bond acceptors (Lipinski definition) is 1. The second-order valence-corrected chi connectivity index (χ2v) is 2.06. The van der Waals surface area contributed by atoms with Gasteiger partial charge in [-0.1, -0.05) is 23.8 Å². The van der Waals surface area contributed by atoms with E-state index >= 15 is 0 Å². The van der Waals surface area contributed by atoms with Crippen molar-refractivity contribution in [2.45, 2.75) is 20.3 Å². The van der Waals surface area contributed by atoms with Gasteiger partial charge in [0.1, 0.15) is 0 Å². The minimum absolute atomic E-state index is 0.656. The van der Waals surface area contributed by atoms with E-state index in [0.29, 0.717) is 6.54 Å². The molecule has 0 saturated carbocycles. The maximum absolute atomic E-state index is 5.30. The Morgan fingerprint density at radius 1 is 1.56 bits per heavy atom. The Balaban J connectivity index is 3.49. The lowest BCUT2D eigenvalue weighted by atomic mass is 10.2. The van der Waals surface area contributed by atoms with Gasteiger partial charge in [-0.2, -0.15) is 0 Å². The molecule has 0 amide bonds. The lowest BCUT2D eigenvalue weighted by Crippen LogP contribution is -1.93. The van der Waals surface area contributed by atoms with Crippen LogP contribution >= 0.6 is 0 Å². The molecule has 0 aliphatic rings. The fraction of sp³-hybridized carbons (Fsp3) is 0.500. The number of hydrogen-bond donors (Lipinski definition) is 1. The highest BCUT2D eigenvalue weighted by molar-refractivity contribution is 5.04. The first-order valence-electron chi connectivity index (χ1n) is 3.28. The Hall–Kier alpha value is -0.560. The van der Waals surface area contributed by atoms with Crippen molar-refractivity contribution in [1.29, 1.82) is 0 Å². The van der Waals surface area contributed by atoms with Gasteiger partial charge in [-0.3, -0.25) is 0 Å². The van der Waals surface area contributed by atoms with Crippen molar-refractivity contribution >= 4 is 0 Å². The van der Waals surface area contributed by atoms with Gasteiger partial charge < -0.3 is 5.73 Å². The fourth-order valence-corrected chi connectivity index (χ4v) is 0.588. The largest absolute Gasteiger partial charge is 0.327 e. The van der Waals surface area contributed by atoms with Gasteiger partial charge in [0.25, 0.3) is 0 Å². The molecule has 0 rings (SSSR count). The van der Waals surface area contributed by atoms with Crippen LogP contribution in [0, 0.1) is 0 Å². The molecule has 0 spiro atoms. The van der Waals surface area contributed by atoms with Crippen LogP contribution in [0.3, 0.4) is 0 Å². The number of nitrogens with two attached hydrogens (primary N) is 1. The Bertz CT molecular complexity index is 112. The zero-order valence-electron chi connectivity index (χ0n) is 6.22. The standard InChI is InChI=1S/C8H15N/c1-3-4-5-8(2)6-7-9/h3-4,6H,5,7,9H2,1-2H3/b4-3-,8-6+. The predicted octanol–water partition coefficient (Wildman–Crippen LogP) is 1.86. The molecule has 0 saturated heterocycles. The Labute approximate surface area is 57.3 Å². The van der Waals surface area contributed by atoms with Crippen molar-refractivity contribution in [3.05, 3.63) is 23.8 Å². The van der Waals surface area contributed by atoms with E-state index in [0.717, 1.165) is 6.42 Å². The monoisotopic (exact) mass is 125 g/mol. The molecule has 1 heteroatoms. The topological polar surface area (TPSA) is 26.0 Å². The average molecular weight is 125 g/mol. The molecule has 1 nitrogen and oxygen atoms in total. The van der Waals surface area contributed by atoms with Crippen molar-refractivity contribution in [2.24, 2.45) is 5.73 Å². The Morgan fingerprint density at radius 3 is 2.67 bits per heavy atom. The molecule has 0 aliphatic heterocycles. The van der Waals surface area contributed by atoms with E-state index in [1.165, 1.54) is 5.57 Å². The summed E-state index contributed by atoms with van der Waals surface area (Å²) in [6.07, 6.45) is 7.25. The van der Waals surface area contributed by atoms with E-state index in [1.807, 2.05) is 19.1 Å². The summed E-state index contributed by atoms with van der Waals surface area (Å²) in [7, 11) is 0. The SMILES string of the molecule is C/C=C\C/C(C)=C/CN. The summed E-state index contributed by atoms with van der Waals surface area (Å²) >= 11 is 0. The molecule has 0 heterocycles. The second kappa shape index (κ2) is 5.57. The number of allylic oxidation sites excluding steroid dienone is 3. The molecular formula is C8H15N. The zero-order valence-corrected chi connectivity index (χ0v) is 6.22. The summed E-state index contributed by atoms with van der Waals surface area (Å²) < 4.78 is 0. The van der Waals surface area contributed by atoms with Crippen LogP contribution in [0.25, 0.3) is 0 Å². The van der Waals surface area contributed by atoms with Gasteiger partial charge in [0, 0.05) is 6.54 Å². The third-order valence-electron chi connectivity index (χ3n) is 1.14. The molecule has 0 radical (unpaired) electrons. The van der Waals surface area contributed by atoms with Crippen molar-refractivity contribution in [2.75, 3.05) is 6.54 Å². The van der Waals surface area contributed by atoms with Crippen molar-refractivity contribution < 1.29 is 0 Å². The van der Waals surface area contributed by atoms with Crippen LogP contribution < -0.4 is 5.73 Å². The van der Waals surface area contributed by atoms with Crippen molar-refractivity contribution in [1.82, 2.24) is 0 Å². The van der Waals surface area contributed by atoms with Crippen molar-refractivity contribution in [3.8, 4) is 0 Å². The summed E-state index contributed by atoms with van der Waals surface area (Å²) in [5.41, 5.74) is 6.64. The molecule has 0 aliphatic carbocycles. The molecule has 2 N–H and O–H groups in total. The van der Waals surface area contributed by atoms with Gasteiger partial charge in [0.15, 0.2) is 0 Å². The van der Waals surface area contributed by atoms with Gasteiger partial charge >= 0.3 is 0 Å². The first kappa shape index (κ1) is 8.44. The van der Waals surface area contributed by atoms with Crippen LogP contribution in [-0.2, 0) is 0 Å². The van der Waals surface area contributed by atoms with Gasteiger partial charge in [0.05, 0.1) is 0 Å². The first-order valence-corrected chi connectivity index (χ1v) is 3.28. The Kier molecular flexibility index (Phi) is 5.23. The quantitative estimate of drug-likeness (QED) is 0.572. The predicted molar refractivity (Wildman–Crippen MR) is 42.2 cm³/mol. The van der Waals surface area contributed by atoms with Crippen LogP contribution in [0.5, 0.6) is 0 Å². The van der Waals surface area contributed by atoms with Crippen LogP contribution in [0.2, 0.25) is 0 Å². The first-order chi connectivity index (χ1) is 4.31. The van der Waals surface area contributed by atoms with E-state index in [2.05, 4.69) is 13.0 Å². The molecule has 0 fully saturated rings. The molecule has 0 atom stereocenters. The highest BCUT2D eigenvalue weighted by Gasteiger charge is 1.80. The van der Waals surface area contributed by atoms with Gasteiger partial charge in [-0.15, -0.1) is 0 Å². The summed E-state index contributed by atoms with van der Waals surface area (Å²) in [4.78, 5) is 0. The summed E-state index contributed by atoms with van der Waals surface area (Å²) in [6, 6.07) is 0. The average Bonchev–Trinajstić information content (AvgIpc) is 1.85. The molecular weight excluding hydrogens is 110 g/mol. The van der Waals surface area contributed by atoms with E-state index < -0.39 is 0 Å². The van der Waals surface area contributed by atoms with E-state index in [1.54, 1.807) is 0 Å². The highest BCUT2D eigenvalue weighted by Crippen LogP contribution is 1.98. The Morgan fingerprint density at radius 2 is 2.22 bits per heavy atom. The van der Waals surface area contributed by atoms with Gasteiger partial charge in [0.2, 0.25) is 0 Å². The molecule has 0 unspecified atom stereocenters. The molecule has 0 aromatic heterocycles. The minimum Gasteiger partial charge on any atom is -0.327 e. The molecule has 0 aromatic carbocycles. The normalized spacial score (nSPS) is 13.0. The summed E-state index contributed by atoms with van der Waals surface area (Å²) in [5.74, 6) is 0. The second-order valence-electron chi connectivity index (χ2n) is 2.06. The lowest BCUT2D eigenvalue weighted by Gasteiger charge is -1.91. The van der Waals surface area contributed by atoms with Gasteiger partial charge in [-0.25, -0.2) is 0 Å². The van der Waals surface area contributed by atoms with Crippen LogP contribution in [-0.4, -0.2) is 6.54 Å². The molecule has 9 heavy (non-hydrogen) atoms. The van der Waals surface area contributed by atoms with E-state index in [9.17, 15) is 0 Å². The molecule has 0 bridgehead atoms. The van der Waals surface area contributed by atoms with Crippen LogP contribution in [0.1, 0.15) is 20.3 Å². The third-order valence-corrected chi connectivity index (χ3v) is 1.14. The fourth-order valence-electron chi connectivity index (χ4n) is 0.588. The number of rotatable bonds is 3. The maximum Gasteiger partial charge on any atom is 0.0109 e. The zero-order chi connectivity index (χ0) is 7.11.